The van der Waals surface area contributed by atoms with Crippen LogP contribution >= 0.6 is 0 Å². The molecule has 2 aromatic heterocycles. The van der Waals surface area contributed by atoms with Crippen LogP contribution in [0.25, 0.3) is 16.7 Å². The van der Waals surface area contributed by atoms with Crippen molar-refractivity contribution in [2.45, 2.75) is 13.8 Å². The van der Waals surface area contributed by atoms with Gasteiger partial charge in [0.25, 0.3) is 5.91 Å². The molecule has 1 N–H and O–H groups in total. The number of amides is 1. The summed E-state index contributed by atoms with van der Waals surface area (Å²) in [7, 11) is 1.59. The summed E-state index contributed by atoms with van der Waals surface area (Å²) >= 11 is 0. The van der Waals surface area contributed by atoms with Gasteiger partial charge in [-0.3, -0.25) is 4.79 Å². The number of aromatic nitrogens is 3. The van der Waals surface area contributed by atoms with Gasteiger partial charge in [0.1, 0.15) is 12.4 Å². The number of nitrogens with one attached hydrogen (secondary N) is 1. The van der Waals surface area contributed by atoms with E-state index in [1.165, 1.54) is 0 Å². The van der Waals surface area contributed by atoms with E-state index in [2.05, 4.69) is 15.4 Å². The van der Waals surface area contributed by atoms with E-state index in [0.29, 0.717) is 24.8 Å². The van der Waals surface area contributed by atoms with E-state index in [-0.39, 0.29) is 12.5 Å². The number of para-hydroxylation sites is 1. The molecule has 0 unspecified atom stereocenters. The van der Waals surface area contributed by atoms with Gasteiger partial charge < -0.3 is 14.8 Å². The Morgan fingerprint density at radius 3 is 2.81 bits per heavy atom. The number of anilines is 1. The first-order chi connectivity index (χ1) is 12.6. The summed E-state index contributed by atoms with van der Waals surface area (Å²) in [5.41, 5.74) is 2.77. The van der Waals surface area contributed by atoms with Crippen LogP contribution in [-0.2, 0) is 14.3 Å². The summed E-state index contributed by atoms with van der Waals surface area (Å²) in [6.45, 7) is 4.68. The fraction of sp³-hybridized carbons (Fsp3) is 0.316. The maximum absolute atomic E-state index is 12.1. The van der Waals surface area contributed by atoms with Gasteiger partial charge in [0, 0.05) is 18.6 Å². The monoisotopic (exact) mass is 354 g/mol. The van der Waals surface area contributed by atoms with E-state index in [1.54, 1.807) is 17.9 Å². The number of rotatable bonds is 7. The molecule has 3 rings (SSSR count). The molecule has 7 heteroatoms. The Bertz CT molecular complexity index is 920. The third-order valence-corrected chi connectivity index (χ3v) is 3.89. The van der Waals surface area contributed by atoms with Gasteiger partial charge in [-0.25, -0.2) is 4.98 Å². The second-order valence-electron chi connectivity index (χ2n) is 5.99. The Morgan fingerprint density at radius 2 is 2.00 bits per heavy atom. The average molecular weight is 354 g/mol. The molecular formula is C19H22N4O3. The fourth-order valence-electron chi connectivity index (χ4n) is 2.69. The molecule has 0 spiro atoms. The Hall–Kier alpha value is -2.77. The molecule has 0 aliphatic rings. The molecule has 0 radical (unpaired) electrons. The SMILES string of the molecule is COCCOCC(=O)Nc1cc(C)nn1-c1cc(C)c2ccccc2n1. The normalized spacial score (nSPS) is 11.0. The van der Waals surface area contributed by atoms with Crippen LogP contribution in [0.4, 0.5) is 5.82 Å². The van der Waals surface area contributed by atoms with Crippen molar-refractivity contribution in [1.82, 2.24) is 14.8 Å². The van der Waals surface area contributed by atoms with Crippen molar-refractivity contribution in [1.29, 1.82) is 0 Å². The van der Waals surface area contributed by atoms with Crippen LogP contribution in [0.3, 0.4) is 0 Å². The molecule has 0 saturated heterocycles. The van der Waals surface area contributed by atoms with Gasteiger partial charge >= 0.3 is 0 Å². The Morgan fingerprint density at radius 1 is 1.19 bits per heavy atom. The van der Waals surface area contributed by atoms with E-state index in [0.717, 1.165) is 22.2 Å². The second kappa shape index (κ2) is 8.07. The molecule has 0 aliphatic heterocycles. The highest BCUT2D eigenvalue weighted by Gasteiger charge is 2.13. The van der Waals surface area contributed by atoms with E-state index < -0.39 is 0 Å². The van der Waals surface area contributed by atoms with Crippen molar-refractivity contribution >= 4 is 22.6 Å². The molecule has 136 valence electrons. The van der Waals surface area contributed by atoms with E-state index in [4.69, 9.17) is 9.47 Å². The lowest BCUT2D eigenvalue weighted by Crippen LogP contribution is -2.21. The molecule has 2 heterocycles. The maximum Gasteiger partial charge on any atom is 0.251 e. The number of ether oxygens (including phenoxy) is 2. The number of aryl methyl sites for hydroxylation is 2. The fourth-order valence-corrected chi connectivity index (χ4v) is 2.69. The summed E-state index contributed by atoms with van der Waals surface area (Å²) < 4.78 is 11.8. The van der Waals surface area contributed by atoms with Crippen molar-refractivity contribution in [2.24, 2.45) is 0 Å². The molecule has 0 atom stereocenters. The summed E-state index contributed by atoms with van der Waals surface area (Å²) in [4.78, 5) is 16.8. The summed E-state index contributed by atoms with van der Waals surface area (Å²) in [6, 6.07) is 11.7. The highest BCUT2D eigenvalue weighted by atomic mass is 16.5. The van der Waals surface area contributed by atoms with Gasteiger partial charge in [0.05, 0.1) is 24.4 Å². The van der Waals surface area contributed by atoms with E-state index >= 15 is 0 Å². The molecule has 1 aromatic carbocycles. The zero-order valence-corrected chi connectivity index (χ0v) is 15.2. The maximum atomic E-state index is 12.1. The number of carbonyl (C=O) groups excluding carboxylic acids is 1. The Balaban J connectivity index is 1.84. The third kappa shape index (κ3) is 4.07. The van der Waals surface area contributed by atoms with Crippen molar-refractivity contribution in [2.75, 3.05) is 32.2 Å². The van der Waals surface area contributed by atoms with Gasteiger partial charge in [-0.1, -0.05) is 18.2 Å². The first-order valence-electron chi connectivity index (χ1n) is 8.38. The van der Waals surface area contributed by atoms with Gasteiger partial charge in [0.2, 0.25) is 0 Å². The van der Waals surface area contributed by atoms with Crippen LogP contribution in [0.2, 0.25) is 0 Å². The molecule has 3 aromatic rings. The highest BCUT2D eigenvalue weighted by Crippen LogP contribution is 2.22. The van der Waals surface area contributed by atoms with Crippen molar-refractivity contribution < 1.29 is 14.3 Å². The molecule has 0 aliphatic carbocycles. The quantitative estimate of drug-likeness (QED) is 0.660. The molecule has 0 saturated carbocycles. The van der Waals surface area contributed by atoms with Crippen LogP contribution in [0.15, 0.2) is 36.4 Å². The smallest absolute Gasteiger partial charge is 0.251 e. The molecule has 1 amide bonds. The number of hydrogen-bond donors (Lipinski definition) is 1. The molecule has 7 nitrogen and oxygen atoms in total. The first-order valence-corrected chi connectivity index (χ1v) is 8.38. The van der Waals surface area contributed by atoms with Gasteiger partial charge in [0.15, 0.2) is 5.82 Å². The van der Waals surface area contributed by atoms with Crippen LogP contribution in [0, 0.1) is 13.8 Å². The van der Waals surface area contributed by atoms with Gasteiger partial charge in [-0.15, -0.1) is 0 Å². The highest BCUT2D eigenvalue weighted by molar-refractivity contribution is 5.91. The number of hydrogen-bond acceptors (Lipinski definition) is 5. The van der Waals surface area contributed by atoms with Crippen LogP contribution in [-0.4, -0.2) is 47.6 Å². The topological polar surface area (TPSA) is 78.3 Å². The molecule has 0 bridgehead atoms. The number of benzene rings is 1. The Kier molecular flexibility index (Phi) is 5.60. The lowest BCUT2D eigenvalue weighted by atomic mass is 10.1. The summed E-state index contributed by atoms with van der Waals surface area (Å²) in [5.74, 6) is 0.967. The summed E-state index contributed by atoms with van der Waals surface area (Å²) in [6.07, 6.45) is 0. The molecular weight excluding hydrogens is 332 g/mol. The standard InChI is InChI=1S/C19H22N4O3/c1-13-10-17(20-16-7-5-4-6-15(13)16)23-18(11-14(2)22-23)21-19(24)12-26-9-8-25-3/h4-7,10-11H,8-9,12H2,1-3H3,(H,21,24). The number of carbonyl (C=O) groups is 1. The second-order valence-corrected chi connectivity index (χ2v) is 5.99. The third-order valence-electron chi connectivity index (χ3n) is 3.89. The number of methoxy groups -OCH3 is 1. The lowest BCUT2D eigenvalue weighted by molar-refractivity contribution is -0.121. The Labute approximate surface area is 151 Å². The number of fused-ring (bicyclic) bond motifs is 1. The number of nitrogens with zero attached hydrogens (tertiary/aromatic N) is 3. The average Bonchev–Trinajstić information content (AvgIpc) is 2.99. The lowest BCUT2D eigenvalue weighted by Gasteiger charge is -2.11. The van der Waals surface area contributed by atoms with Gasteiger partial charge in [-0.2, -0.15) is 9.78 Å². The zero-order chi connectivity index (χ0) is 18.5. The van der Waals surface area contributed by atoms with Crippen molar-refractivity contribution in [3.63, 3.8) is 0 Å². The summed E-state index contributed by atoms with van der Waals surface area (Å²) in [5, 5.41) is 8.39. The van der Waals surface area contributed by atoms with E-state index in [1.807, 2.05) is 44.2 Å². The van der Waals surface area contributed by atoms with Crippen LogP contribution < -0.4 is 5.32 Å². The van der Waals surface area contributed by atoms with Crippen molar-refractivity contribution in [3.05, 3.63) is 47.7 Å². The van der Waals surface area contributed by atoms with E-state index in [9.17, 15) is 4.79 Å². The van der Waals surface area contributed by atoms with Gasteiger partial charge in [-0.05, 0) is 31.5 Å². The largest absolute Gasteiger partial charge is 0.382 e. The number of pyridine rings is 1. The minimum atomic E-state index is -0.250. The van der Waals surface area contributed by atoms with Crippen LogP contribution in [0.1, 0.15) is 11.3 Å². The first kappa shape index (κ1) is 18.0. The minimum Gasteiger partial charge on any atom is -0.382 e. The van der Waals surface area contributed by atoms with Crippen molar-refractivity contribution in [3.8, 4) is 5.82 Å². The van der Waals surface area contributed by atoms with Crippen LogP contribution in [0.5, 0.6) is 0 Å². The molecule has 0 fully saturated rings. The predicted octanol–water partition coefficient (Wildman–Crippen LogP) is 2.64. The molecule has 26 heavy (non-hydrogen) atoms. The minimum absolute atomic E-state index is 0.0439. The predicted molar refractivity (Wildman–Crippen MR) is 99.7 cm³/mol. The zero-order valence-electron chi connectivity index (χ0n) is 15.2.